The van der Waals surface area contributed by atoms with Crippen molar-refractivity contribution in [3.63, 3.8) is 0 Å². The smallest absolute Gasteiger partial charge is 0.142 e. The van der Waals surface area contributed by atoms with Crippen molar-refractivity contribution in [2.75, 3.05) is 5.48 Å². The van der Waals surface area contributed by atoms with Gasteiger partial charge in [-0.3, -0.25) is 10.3 Å². The van der Waals surface area contributed by atoms with Gasteiger partial charge in [-0.05, 0) is 18.2 Å². The Balaban J connectivity index is 1.93. The predicted molar refractivity (Wildman–Crippen MR) is 66.3 cm³/mol. The number of anilines is 1. The zero-order chi connectivity index (χ0) is 12.1. The third-order valence-corrected chi connectivity index (χ3v) is 2.65. The van der Waals surface area contributed by atoms with Crippen LogP contribution in [0.4, 0.5) is 10.1 Å². The average molecular weight is 252 g/mol. The van der Waals surface area contributed by atoms with Gasteiger partial charge >= 0.3 is 0 Å². The standard InChI is InChI=1S/C13H11ClFNO/c14-13-10(5-4-8-12(13)15)9-17-16-11-6-2-1-3-7-11/h1-8,16H,9H2. The molecule has 0 heterocycles. The summed E-state index contributed by atoms with van der Waals surface area (Å²) in [6.45, 7) is 0.200. The molecular weight excluding hydrogens is 241 g/mol. The molecule has 0 aliphatic rings. The van der Waals surface area contributed by atoms with E-state index < -0.39 is 5.82 Å². The molecule has 0 aliphatic heterocycles. The van der Waals surface area contributed by atoms with Crippen molar-refractivity contribution in [3.05, 3.63) is 64.9 Å². The third kappa shape index (κ3) is 3.19. The Hall–Kier alpha value is -1.58. The summed E-state index contributed by atoms with van der Waals surface area (Å²) in [6.07, 6.45) is 0. The number of hydrogen-bond donors (Lipinski definition) is 1. The molecule has 1 N–H and O–H groups in total. The predicted octanol–water partition coefficient (Wildman–Crippen LogP) is 4.02. The van der Waals surface area contributed by atoms with Crippen LogP contribution in [0.25, 0.3) is 0 Å². The molecule has 0 spiro atoms. The second kappa shape index (κ2) is 5.66. The Bertz CT molecular complexity index is 490. The normalized spacial score (nSPS) is 10.2. The largest absolute Gasteiger partial charge is 0.271 e. The molecule has 0 atom stereocenters. The van der Waals surface area contributed by atoms with E-state index in [0.717, 1.165) is 5.69 Å². The molecule has 0 radical (unpaired) electrons. The zero-order valence-electron chi connectivity index (χ0n) is 8.99. The fraction of sp³-hybridized carbons (Fsp3) is 0.0769. The molecule has 0 aromatic heterocycles. The number of rotatable bonds is 4. The second-order valence-corrected chi connectivity index (χ2v) is 3.85. The van der Waals surface area contributed by atoms with Crippen LogP contribution in [0, 0.1) is 5.82 Å². The van der Waals surface area contributed by atoms with Gasteiger partial charge in [0.2, 0.25) is 0 Å². The third-order valence-electron chi connectivity index (χ3n) is 2.22. The van der Waals surface area contributed by atoms with Crippen molar-refractivity contribution in [1.82, 2.24) is 0 Å². The van der Waals surface area contributed by atoms with Gasteiger partial charge in [-0.1, -0.05) is 41.9 Å². The molecule has 0 amide bonds. The Morgan fingerprint density at radius 1 is 1.06 bits per heavy atom. The van der Waals surface area contributed by atoms with E-state index in [-0.39, 0.29) is 11.6 Å². The van der Waals surface area contributed by atoms with Gasteiger partial charge in [0.15, 0.2) is 0 Å². The van der Waals surface area contributed by atoms with E-state index in [1.165, 1.54) is 6.07 Å². The number of para-hydroxylation sites is 1. The molecule has 0 saturated carbocycles. The highest BCUT2D eigenvalue weighted by molar-refractivity contribution is 6.31. The first kappa shape index (κ1) is 11.9. The summed E-state index contributed by atoms with van der Waals surface area (Å²) in [5, 5.41) is 0.0994. The van der Waals surface area contributed by atoms with E-state index in [4.69, 9.17) is 16.4 Å². The summed E-state index contributed by atoms with van der Waals surface area (Å²) < 4.78 is 13.1. The van der Waals surface area contributed by atoms with E-state index >= 15 is 0 Å². The highest BCUT2D eigenvalue weighted by Gasteiger charge is 2.05. The molecule has 0 unspecified atom stereocenters. The monoisotopic (exact) mass is 251 g/mol. The summed E-state index contributed by atoms with van der Waals surface area (Å²) in [5.41, 5.74) is 4.20. The van der Waals surface area contributed by atoms with E-state index in [2.05, 4.69) is 5.48 Å². The van der Waals surface area contributed by atoms with Crippen molar-refractivity contribution in [3.8, 4) is 0 Å². The summed E-state index contributed by atoms with van der Waals surface area (Å²) in [4.78, 5) is 5.24. The molecule has 2 aromatic rings. The van der Waals surface area contributed by atoms with E-state index in [1.807, 2.05) is 30.3 Å². The first-order valence-electron chi connectivity index (χ1n) is 5.13. The maximum atomic E-state index is 13.1. The molecule has 0 aliphatic carbocycles. The van der Waals surface area contributed by atoms with Gasteiger partial charge < -0.3 is 0 Å². The van der Waals surface area contributed by atoms with Crippen molar-refractivity contribution in [2.24, 2.45) is 0 Å². The molecular formula is C13H11ClFNO. The molecule has 0 bridgehead atoms. The summed E-state index contributed by atoms with van der Waals surface area (Å²) in [7, 11) is 0. The van der Waals surface area contributed by atoms with Crippen molar-refractivity contribution >= 4 is 17.3 Å². The Morgan fingerprint density at radius 3 is 2.59 bits per heavy atom. The molecule has 2 nitrogen and oxygen atoms in total. The van der Waals surface area contributed by atoms with Crippen molar-refractivity contribution in [2.45, 2.75) is 6.61 Å². The van der Waals surface area contributed by atoms with Crippen LogP contribution in [0.2, 0.25) is 5.02 Å². The quantitative estimate of drug-likeness (QED) is 0.829. The lowest BCUT2D eigenvalue weighted by Gasteiger charge is -2.08. The lowest BCUT2D eigenvalue weighted by atomic mass is 10.2. The van der Waals surface area contributed by atoms with Crippen LogP contribution in [-0.4, -0.2) is 0 Å². The van der Waals surface area contributed by atoms with Crippen LogP contribution in [0.1, 0.15) is 5.56 Å². The molecule has 88 valence electrons. The van der Waals surface area contributed by atoms with Crippen molar-refractivity contribution in [1.29, 1.82) is 0 Å². The number of halogens is 2. The lowest BCUT2D eigenvalue weighted by molar-refractivity contribution is 0.180. The Morgan fingerprint density at radius 2 is 1.82 bits per heavy atom. The first-order valence-corrected chi connectivity index (χ1v) is 5.51. The maximum Gasteiger partial charge on any atom is 0.142 e. The fourth-order valence-electron chi connectivity index (χ4n) is 1.36. The molecule has 2 aromatic carbocycles. The minimum Gasteiger partial charge on any atom is -0.271 e. The molecule has 0 saturated heterocycles. The summed E-state index contributed by atoms with van der Waals surface area (Å²) >= 11 is 5.79. The zero-order valence-corrected chi connectivity index (χ0v) is 9.75. The Labute approximate surface area is 104 Å². The molecule has 4 heteroatoms. The van der Waals surface area contributed by atoms with Crippen LogP contribution in [0.3, 0.4) is 0 Å². The second-order valence-electron chi connectivity index (χ2n) is 3.47. The summed E-state index contributed by atoms with van der Waals surface area (Å²) in [6, 6.07) is 14.1. The minimum absolute atomic E-state index is 0.0994. The topological polar surface area (TPSA) is 21.3 Å². The van der Waals surface area contributed by atoms with Gasteiger partial charge in [-0.2, -0.15) is 0 Å². The SMILES string of the molecule is Fc1cccc(CONc2ccccc2)c1Cl. The summed E-state index contributed by atoms with van der Waals surface area (Å²) in [5.74, 6) is -0.438. The van der Waals surface area contributed by atoms with Gasteiger partial charge in [0.1, 0.15) is 12.4 Å². The Kier molecular flexibility index (Phi) is 3.96. The maximum absolute atomic E-state index is 13.1. The van der Waals surface area contributed by atoms with E-state index in [1.54, 1.807) is 12.1 Å². The van der Waals surface area contributed by atoms with Crippen LogP contribution in [-0.2, 0) is 11.4 Å². The van der Waals surface area contributed by atoms with Gasteiger partial charge in [0.25, 0.3) is 0 Å². The van der Waals surface area contributed by atoms with E-state index in [9.17, 15) is 4.39 Å². The highest BCUT2D eigenvalue weighted by atomic mass is 35.5. The molecule has 17 heavy (non-hydrogen) atoms. The fourth-order valence-corrected chi connectivity index (χ4v) is 1.54. The lowest BCUT2D eigenvalue weighted by Crippen LogP contribution is -2.02. The first-order chi connectivity index (χ1) is 8.27. The highest BCUT2D eigenvalue weighted by Crippen LogP contribution is 2.20. The van der Waals surface area contributed by atoms with Gasteiger partial charge in [0.05, 0.1) is 10.7 Å². The minimum atomic E-state index is -0.438. The van der Waals surface area contributed by atoms with Crippen LogP contribution >= 0.6 is 11.6 Å². The van der Waals surface area contributed by atoms with Gasteiger partial charge in [0, 0.05) is 5.56 Å². The van der Waals surface area contributed by atoms with Crippen molar-refractivity contribution < 1.29 is 9.23 Å². The van der Waals surface area contributed by atoms with Crippen LogP contribution in [0.15, 0.2) is 48.5 Å². The molecule has 0 fully saturated rings. The van der Waals surface area contributed by atoms with Gasteiger partial charge in [-0.15, -0.1) is 0 Å². The number of benzene rings is 2. The number of nitrogens with one attached hydrogen (secondary N) is 1. The number of hydrogen-bond acceptors (Lipinski definition) is 2. The van der Waals surface area contributed by atoms with Crippen LogP contribution < -0.4 is 5.48 Å². The van der Waals surface area contributed by atoms with E-state index in [0.29, 0.717) is 5.56 Å². The average Bonchev–Trinajstić information content (AvgIpc) is 2.36. The van der Waals surface area contributed by atoms with Gasteiger partial charge in [-0.25, -0.2) is 4.39 Å². The van der Waals surface area contributed by atoms with Crippen LogP contribution in [0.5, 0.6) is 0 Å². The molecule has 2 rings (SSSR count).